The van der Waals surface area contributed by atoms with Gasteiger partial charge in [-0.25, -0.2) is 0 Å². The van der Waals surface area contributed by atoms with Gasteiger partial charge in [-0.1, -0.05) is 19.9 Å². The van der Waals surface area contributed by atoms with Crippen molar-refractivity contribution < 1.29 is 0 Å². The summed E-state index contributed by atoms with van der Waals surface area (Å²) < 4.78 is 0. The Morgan fingerprint density at radius 2 is 2.25 bits per heavy atom. The first-order valence-electron chi connectivity index (χ1n) is 5.66. The fourth-order valence-electron chi connectivity index (χ4n) is 1.36. The zero-order valence-electron chi connectivity index (χ0n) is 10.2. The van der Waals surface area contributed by atoms with Gasteiger partial charge in [-0.05, 0) is 24.3 Å². The predicted octanol–water partition coefficient (Wildman–Crippen LogP) is 2.24. The van der Waals surface area contributed by atoms with E-state index in [1.807, 2.05) is 0 Å². The van der Waals surface area contributed by atoms with Crippen molar-refractivity contribution in [1.82, 2.24) is 5.32 Å². The summed E-state index contributed by atoms with van der Waals surface area (Å²) >= 11 is 1.78. The molecule has 1 rings (SSSR count). The quantitative estimate of drug-likeness (QED) is 0.611. The summed E-state index contributed by atoms with van der Waals surface area (Å²) in [4.78, 5) is 5.65. The molecular formula is C12H21N3S. The second-order valence-electron chi connectivity index (χ2n) is 4.45. The average Bonchev–Trinajstić information content (AvgIpc) is 2.67. The van der Waals surface area contributed by atoms with Crippen LogP contribution in [0.5, 0.6) is 0 Å². The largest absolute Gasteiger partial charge is 0.370 e. The number of hydrogen-bond acceptors (Lipinski definition) is 2. The normalized spacial score (nSPS) is 14.1. The van der Waals surface area contributed by atoms with Crippen LogP contribution < -0.4 is 11.1 Å². The lowest BCUT2D eigenvalue weighted by molar-refractivity contribution is 0.638. The first-order valence-corrected chi connectivity index (χ1v) is 6.54. The summed E-state index contributed by atoms with van der Waals surface area (Å²) in [5.74, 6) is 1.10. The number of thiophene rings is 1. The number of hydrogen-bond donors (Lipinski definition) is 2. The molecule has 0 bridgehead atoms. The minimum absolute atomic E-state index is 0.328. The number of guanidine groups is 1. The van der Waals surface area contributed by atoms with Crippen molar-refractivity contribution in [2.24, 2.45) is 16.6 Å². The van der Waals surface area contributed by atoms with Gasteiger partial charge in [-0.3, -0.25) is 4.99 Å². The van der Waals surface area contributed by atoms with Gasteiger partial charge in [0.2, 0.25) is 0 Å². The number of nitrogens with one attached hydrogen (secondary N) is 1. The van der Waals surface area contributed by atoms with Crippen molar-refractivity contribution in [2.75, 3.05) is 6.54 Å². The molecule has 0 radical (unpaired) electrons. The summed E-state index contributed by atoms with van der Waals surface area (Å²) in [5, 5.41) is 5.30. The molecule has 1 atom stereocenters. The Hall–Kier alpha value is -1.03. The van der Waals surface area contributed by atoms with Crippen LogP contribution >= 0.6 is 11.3 Å². The number of rotatable bonds is 5. The highest BCUT2D eigenvalue weighted by atomic mass is 32.1. The lowest BCUT2D eigenvalue weighted by Gasteiger charge is -2.13. The molecule has 1 aromatic heterocycles. The molecule has 0 amide bonds. The summed E-state index contributed by atoms with van der Waals surface area (Å²) in [6, 6.07) is 4.54. The molecule has 0 saturated heterocycles. The molecule has 3 N–H and O–H groups in total. The predicted molar refractivity (Wildman–Crippen MR) is 71.9 cm³/mol. The lowest BCUT2D eigenvalue weighted by atomic mass is 10.2. The molecule has 16 heavy (non-hydrogen) atoms. The average molecular weight is 239 g/mol. The van der Waals surface area contributed by atoms with Crippen LogP contribution in [-0.4, -0.2) is 18.5 Å². The van der Waals surface area contributed by atoms with Crippen molar-refractivity contribution >= 4 is 17.3 Å². The monoisotopic (exact) mass is 239 g/mol. The molecule has 0 spiro atoms. The lowest BCUT2D eigenvalue weighted by Crippen LogP contribution is -2.39. The minimum atomic E-state index is 0.328. The van der Waals surface area contributed by atoms with Crippen LogP contribution in [0.2, 0.25) is 0 Å². The van der Waals surface area contributed by atoms with Gasteiger partial charge in [0.1, 0.15) is 0 Å². The molecule has 1 aromatic rings. The first-order chi connectivity index (χ1) is 7.58. The van der Waals surface area contributed by atoms with E-state index in [-0.39, 0.29) is 0 Å². The Balaban J connectivity index is 2.33. The van der Waals surface area contributed by atoms with Crippen LogP contribution in [0.15, 0.2) is 22.5 Å². The molecule has 0 fully saturated rings. The van der Waals surface area contributed by atoms with Gasteiger partial charge in [-0.2, -0.15) is 0 Å². The Labute approximate surface area is 102 Å². The molecule has 4 heteroatoms. The molecule has 0 aromatic carbocycles. The van der Waals surface area contributed by atoms with Crippen molar-refractivity contribution in [3.05, 3.63) is 22.4 Å². The molecule has 0 saturated carbocycles. The van der Waals surface area contributed by atoms with E-state index in [4.69, 9.17) is 5.73 Å². The minimum Gasteiger partial charge on any atom is -0.370 e. The Bertz CT molecular complexity index is 317. The zero-order chi connectivity index (χ0) is 12.0. The highest BCUT2D eigenvalue weighted by Gasteiger charge is 2.04. The maximum absolute atomic E-state index is 5.79. The van der Waals surface area contributed by atoms with Crippen molar-refractivity contribution in [3.8, 4) is 0 Å². The molecule has 90 valence electrons. The van der Waals surface area contributed by atoms with Crippen LogP contribution in [0.3, 0.4) is 0 Å². The molecule has 3 nitrogen and oxygen atoms in total. The standard InChI is InChI=1S/C12H21N3S/c1-9(2)8-14-12(13)15-10(3)7-11-5-4-6-16-11/h4-6,9-10H,7-8H2,1-3H3,(H3,13,14,15). The molecule has 1 unspecified atom stereocenters. The van der Waals surface area contributed by atoms with Crippen molar-refractivity contribution in [3.63, 3.8) is 0 Å². The summed E-state index contributed by atoms with van der Waals surface area (Å²) in [6.07, 6.45) is 0.996. The second-order valence-corrected chi connectivity index (χ2v) is 5.48. The molecule has 0 aliphatic carbocycles. The third-order valence-electron chi connectivity index (χ3n) is 2.11. The topological polar surface area (TPSA) is 50.4 Å². The summed E-state index contributed by atoms with van der Waals surface area (Å²) in [5.41, 5.74) is 5.79. The van der Waals surface area contributed by atoms with E-state index in [0.717, 1.165) is 13.0 Å². The zero-order valence-corrected chi connectivity index (χ0v) is 11.1. The van der Waals surface area contributed by atoms with Crippen molar-refractivity contribution in [1.29, 1.82) is 0 Å². The summed E-state index contributed by atoms with van der Waals surface area (Å²) in [6.45, 7) is 7.17. The van der Waals surface area contributed by atoms with Crippen LogP contribution in [0.25, 0.3) is 0 Å². The number of nitrogens with zero attached hydrogens (tertiary/aromatic N) is 1. The van der Waals surface area contributed by atoms with Gasteiger partial charge < -0.3 is 11.1 Å². The van der Waals surface area contributed by atoms with Gasteiger partial charge in [-0.15, -0.1) is 11.3 Å². The van der Waals surface area contributed by atoms with E-state index in [2.05, 4.69) is 48.6 Å². The fraction of sp³-hybridized carbons (Fsp3) is 0.583. The van der Waals surface area contributed by atoms with E-state index in [9.17, 15) is 0 Å². The fourth-order valence-corrected chi connectivity index (χ4v) is 2.20. The third-order valence-corrected chi connectivity index (χ3v) is 3.01. The maximum Gasteiger partial charge on any atom is 0.188 e. The van der Waals surface area contributed by atoms with Crippen LogP contribution in [-0.2, 0) is 6.42 Å². The number of nitrogens with two attached hydrogens (primary N) is 1. The van der Waals surface area contributed by atoms with Gasteiger partial charge in [0.15, 0.2) is 5.96 Å². The summed E-state index contributed by atoms with van der Waals surface area (Å²) in [7, 11) is 0. The van der Waals surface area contributed by atoms with Crippen molar-refractivity contribution in [2.45, 2.75) is 33.2 Å². The highest BCUT2D eigenvalue weighted by Crippen LogP contribution is 2.10. The Morgan fingerprint density at radius 3 is 2.81 bits per heavy atom. The van der Waals surface area contributed by atoms with Crippen LogP contribution in [0, 0.1) is 5.92 Å². The number of aliphatic imine (C=N–C) groups is 1. The van der Waals surface area contributed by atoms with E-state index < -0.39 is 0 Å². The van der Waals surface area contributed by atoms with E-state index in [0.29, 0.717) is 17.9 Å². The molecule has 1 heterocycles. The van der Waals surface area contributed by atoms with Gasteiger partial charge in [0.25, 0.3) is 0 Å². The van der Waals surface area contributed by atoms with Crippen LogP contribution in [0.1, 0.15) is 25.6 Å². The molecular weight excluding hydrogens is 218 g/mol. The molecule has 0 aliphatic heterocycles. The Kier molecular flexibility index (Phi) is 5.32. The first kappa shape index (κ1) is 13.0. The second kappa shape index (κ2) is 6.53. The van der Waals surface area contributed by atoms with Gasteiger partial charge >= 0.3 is 0 Å². The third kappa shape index (κ3) is 5.16. The Morgan fingerprint density at radius 1 is 1.50 bits per heavy atom. The maximum atomic E-state index is 5.79. The van der Waals surface area contributed by atoms with E-state index >= 15 is 0 Å². The smallest absolute Gasteiger partial charge is 0.188 e. The SMILES string of the molecule is CC(C)CN=C(N)NC(C)Cc1cccs1. The highest BCUT2D eigenvalue weighted by molar-refractivity contribution is 7.09. The molecule has 0 aliphatic rings. The van der Waals surface area contributed by atoms with Gasteiger partial charge in [0.05, 0.1) is 0 Å². The van der Waals surface area contributed by atoms with Gasteiger partial charge in [0, 0.05) is 23.9 Å². The van der Waals surface area contributed by atoms with E-state index in [1.54, 1.807) is 11.3 Å². The van der Waals surface area contributed by atoms with E-state index in [1.165, 1.54) is 4.88 Å². The van der Waals surface area contributed by atoms with Crippen LogP contribution in [0.4, 0.5) is 0 Å².